The van der Waals surface area contributed by atoms with Gasteiger partial charge in [-0.1, -0.05) is 30.1 Å². The number of nitrogens with two attached hydrogens (primary N) is 1. The molecule has 0 aliphatic heterocycles. The molecule has 3 aromatic rings. The van der Waals surface area contributed by atoms with Gasteiger partial charge in [0.25, 0.3) is 5.91 Å². The second-order valence-electron chi connectivity index (χ2n) is 6.63. The number of nitrogens with zero attached hydrogens (tertiary/aromatic N) is 2. The second kappa shape index (κ2) is 6.38. The van der Waals surface area contributed by atoms with Crippen LogP contribution in [0, 0.1) is 0 Å². The zero-order valence-corrected chi connectivity index (χ0v) is 14.1. The Labute approximate surface area is 148 Å². The molecule has 1 amide bonds. The predicted octanol–water partition coefficient (Wildman–Crippen LogP) is 1.57. The summed E-state index contributed by atoms with van der Waals surface area (Å²) in [5.74, 6) is 0.241. The van der Waals surface area contributed by atoms with Gasteiger partial charge in [0.2, 0.25) is 11.3 Å². The largest absolute Gasteiger partial charge is 0.360 e. The lowest BCUT2D eigenvalue weighted by molar-refractivity contribution is 0.0945. The highest BCUT2D eigenvalue weighted by molar-refractivity contribution is 5.96. The van der Waals surface area contributed by atoms with Crippen LogP contribution < -0.4 is 16.5 Å². The molecule has 2 heterocycles. The van der Waals surface area contributed by atoms with Gasteiger partial charge in [0.05, 0.1) is 12.1 Å². The Hall–Kier alpha value is -3.00. The molecule has 1 fully saturated rings. The Morgan fingerprint density at radius 1 is 1.31 bits per heavy atom. The first-order chi connectivity index (χ1) is 12.6. The summed E-state index contributed by atoms with van der Waals surface area (Å²) in [5.41, 5.74) is 6.15. The van der Waals surface area contributed by atoms with Gasteiger partial charge in [-0.3, -0.25) is 9.59 Å². The molecule has 0 unspecified atom stereocenters. The van der Waals surface area contributed by atoms with E-state index in [4.69, 9.17) is 10.3 Å². The molecule has 1 aromatic carbocycles. The lowest BCUT2D eigenvalue weighted by Gasteiger charge is -2.17. The number of pyridine rings is 1. The minimum atomic E-state index is -0.540. The van der Waals surface area contributed by atoms with E-state index < -0.39 is 11.4 Å². The quantitative estimate of drug-likeness (QED) is 0.653. The molecule has 0 radical (unpaired) electrons. The van der Waals surface area contributed by atoms with Crippen LogP contribution in [0.15, 0.2) is 39.8 Å². The Morgan fingerprint density at radius 2 is 2.08 bits per heavy atom. The van der Waals surface area contributed by atoms with Crippen molar-refractivity contribution in [1.82, 2.24) is 20.4 Å². The van der Waals surface area contributed by atoms with Gasteiger partial charge in [0, 0.05) is 17.1 Å². The molecule has 4 N–H and O–H groups in total. The van der Waals surface area contributed by atoms with Crippen LogP contribution in [0.3, 0.4) is 0 Å². The van der Waals surface area contributed by atoms with Crippen LogP contribution in [0.4, 0.5) is 0 Å². The Kier molecular flexibility index (Phi) is 4.04. The van der Waals surface area contributed by atoms with Crippen LogP contribution in [0.5, 0.6) is 0 Å². The summed E-state index contributed by atoms with van der Waals surface area (Å²) < 4.78 is 5.19. The van der Waals surface area contributed by atoms with Crippen molar-refractivity contribution in [2.45, 2.75) is 37.8 Å². The van der Waals surface area contributed by atoms with Gasteiger partial charge in [-0.25, -0.2) is 0 Å². The summed E-state index contributed by atoms with van der Waals surface area (Å²) in [4.78, 5) is 32.1. The van der Waals surface area contributed by atoms with Crippen LogP contribution >= 0.6 is 0 Å². The third kappa shape index (κ3) is 2.88. The normalized spacial score (nSPS) is 16.0. The summed E-state index contributed by atoms with van der Waals surface area (Å²) in [6.45, 7) is 0.0359. The van der Waals surface area contributed by atoms with E-state index in [1.807, 2.05) is 6.07 Å². The van der Waals surface area contributed by atoms with Gasteiger partial charge in [0.15, 0.2) is 5.82 Å². The van der Waals surface area contributed by atoms with Crippen molar-refractivity contribution in [2.75, 3.05) is 0 Å². The third-order valence-electron chi connectivity index (χ3n) is 4.84. The number of nitrogens with one attached hydrogen (secondary N) is 2. The molecular formula is C18H19N5O3. The maximum atomic E-state index is 12.5. The van der Waals surface area contributed by atoms with Crippen molar-refractivity contribution in [3.8, 4) is 0 Å². The zero-order chi connectivity index (χ0) is 18.1. The van der Waals surface area contributed by atoms with E-state index in [9.17, 15) is 9.59 Å². The second-order valence-corrected chi connectivity index (χ2v) is 6.63. The fraction of sp³-hybridized carbons (Fsp3) is 0.333. The molecule has 1 saturated carbocycles. The van der Waals surface area contributed by atoms with Crippen LogP contribution in [0.2, 0.25) is 0 Å². The Bertz CT molecular complexity index is 1020. The summed E-state index contributed by atoms with van der Waals surface area (Å²) in [7, 11) is 0. The zero-order valence-electron chi connectivity index (χ0n) is 14.1. The van der Waals surface area contributed by atoms with E-state index >= 15 is 0 Å². The van der Waals surface area contributed by atoms with Gasteiger partial charge >= 0.3 is 0 Å². The fourth-order valence-corrected chi connectivity index (χ4v) is 3.35. The molecule has 134 valence electrons. The van der Waals surface area contributed by atoms with E-state index in [2.05, 4.69) is 20.4 Å². The Balaban J connectivity index is 1.49. The van der Waals surface area contributed by atoms with E-state index in [1.165, 1.54) is 6.20 Å². The number of hydrogen-bond donors (Lipinski definition) is 3. The molecule has 26 heavy (non-hydrogen) atoms. The number of para-hydroxylation sites is 1. The molecule has 0 atom stereocenters. The Morgan fingerprint density at radius 3 is 2.88 bits per heavy atom. The minimum absolute atomic E-state index is 0.0359. The molecule has 8 heteroatoms. The lowest BCUT2D eigenvalue weighted by Crippen LogP contribution is -2.34. The topological polar surface area (TPSA) is 127 Å². The molecule has 0 spiro atoms. The van der Waals surface area contributed by atoms with Gasteiger partial charge in [0.1, 0.15) is 5.56 Å². The first kappa shape index (κ1) is 16.5. The van der Waals surface area contributed by atoms with Gasteiger partial charge in [-0.2, -0.15) is 4.98 Å². The standard InChI is InChI=1S/C18H19N5O3/c19-18(7-3-4-8-18)17-22-14(26-23-17)10-21-16(25)12-9-20-13-6-2-1-5-11(13)15(12)24/h1-2,5-6,9H,3-4,7-8,10,19H2,(H,20,24)(H,21,25). The van der Waals surface area contributed by atoms with Crippen molar-refractivity contribution < 1.29 is 9.32 Å². The number of benzene rings is 1. The number of H-pyrrole nitrogens is 1. The van der Waals surface area contributed by atoms with Gasteiger partial charge in [-0.05, 0) is 25.0 Å². The van der Waals surface area contributed by atoms with Gasteiger partial charge in [-0.15, -0.1) is 0 Å². The van der Waals surface area contributed by atoms with E-state index in [1.54, 1.807) is 18.2 Å². The van der Waals surface area contributed by atoms with Crippen LogP contribution in [0.1, 0.15) is 47.8 Å². The van der Waals surface area contributed by atoms with Gasteiger partial charge < -0.3 is 20.6 Å². The molecule has 1 aliphatic rings. The highest BCUT2D eigenvalue weighted by Gasteiger charge is 2.35. The highest BCUT2D eigenvalue weighted by Crippen LogP contribution is 2.34. The smallest absolute Gasteiger partial charge is 0.257 e. The summed E-state index contributed by atoms with van der Waals surface area (Å²) in [6, 6.07) is 7.03. The maximum absolute atomic E-state index is 12.5. The highest BCUT2D eigenvalue weighted by atomic mass is 16.5. The predicted molar refractivity (Wildman–Crippen MR) is 94.4 cm³/mol. The van der Waals surface area contributed by atoms with E-state index in [-0.39, 0.29) is 23.4 Å². The molecule has 0 saturated heterocycles. The SMILES string of the molecule is NC1(c2noc(CNC(=O)c3c[nH]c4ccccc4c3=O)n2)CCCC1. The lowest BCUT2D eigenvalue weighted by atomic mass is 9.99. The number of aromatic amines is 1. The third-order valence-corrected chi connectivity index (χ3v) is 4.84. The first-order valence-electron chi connectivity index (χ1n) is 8.57. The van der Waals surface area contributed by atoms with Crippen LogP contribution in [0.25, 0.3) is 10.9 Å². The van der Waals surface area contributed by atoms with E-state index in [0.29, 0.717) is 16.7 Å². The minimum Gasteiger partial charge on any atom is -0.360 e. The summed E-state index contributed by atoms with van der Waals surface area (Å²) >= 11 is 0. The average Bonchev–Trinajstić information content (AvgIpc) is 3.30. The average molecular weight is 353 g/mol. The van der Waals surface area contributed by atoms with Crippen molar-refractivity contribution in [1.29, 1.82) is 0 Å². The molecular weight excluding hydrogens is 334 g/mol. The number of amides is 1. The number of carbonyl (C=O) groups excluding carboxylic acids is 1. The van der Waals surface area contributed by atoms with Crippen molar-refractivity contribution >= 4 is 16.8 Å². The monoisotopic (exact) mass is 353 g/mol. The fourth-order valence-electron chi connectivity index (χ4n) is 3.35. The number of hydrogen-bond acceptors (Lipinski definition) is 6. The molecule has 1 aliphatic carbocycles. The number of rotatable bonds is 4. The molecule has 4 rings (SSSR count). The van der Waals surface area contributed by atoms with Crippen LogP contribution in [-0.2, 0) is 12.1 Å². The number of fused-ring (bicyclic) bond motifs is 1. The van der Waals surface area contributed by atoms with Crippen LogP contribution in [-0.4, -0.2) is 21.0 Å². The number of carbonyl (C=O) groups is 1. The van der Waals surface area contributed by atoms with Crippen molar-refractivity contribution in [3.63, 3.8) is 0 Å². The summed E-state index contributed by atoms with van der Waals surface area (Å²) in [6.07, 6.45) is 5.14. The maximum Gasteiger partial charge on any atom is 0.257 e. The summed E-state index contributed by atoms with van der Waals surface area (Å²) in [5, 5.41) is 7.05. The number of aromatic nitrogens is 3. The first-order valence-corrected chi connectivity index (χ1v) is 8.57. The van der Waals surface area contributed by atoms with E-state index in [0.717, 1.165) is 25.7 Å². The van der Waals surface area contributed by atoms with Crippen molar-refractivity contribution in [2.24, 2.45) is 5.73 Å². The molecule has 0 bridgehead atoms. The molecule has 2 aromatic heterocycles. The molecule has 8 nitrogen and oxygen atoms in total. The van der Waals surface area contributed by atoms with Crippen molar-refractivity contribution in [3.05, 3.63) is 58.0 Å².